The standard InChI is InChI=1S/C26H26N2O3S/c1-4-30-20-12-13-23(31-5-2)22(16-20)27-26(29)25-24(28-14-6-7-15-28)21(17-32-25)19-10-8-18(3)9-11-19/h6-17H,4-5H2,1-3H3,(H,27,29). The van der Waals surface area contributed by atoms with Crippen molar-refractivity contribution < 1.29 is 14.3 Å². The first-order chi connectivity index (χ1) is 15.6. The van der Waals surface area contributed by atoms with Crippen LogP contribution >= 0.6 is 11.3 Å². The molecule has 2 aromatic carbocycles. The molecule has 0 radical (unpaired) electrons. The first-order valence-electron chi connectivity index (χ1n) is 10.6. The Morgan fingerprint density at radius 3 is 2.41 bits per heavy atom. The van der Waals surface area contributed by atoms with E-state index in [0.29, 0.717) is 35.3 Å². The molecule has 0 unspecified atom stereocenters. The van der Waals surface area contributed by atoms with E-state index in [2.05, 4.69) is 36.5 Å². The van der Waals surface area contributed by atoms with Crippen molar-refractivity contribution >= 4 is 22.9 Å². The zero-order chi connectivity index (χ0) is 22.5. The number of ether oxygens (including phenoxy) is 2. The van der Waals surface area contributed by atoms with Gasteiger partial charge in [0.15, 0.2) is 0 Å². The minimum absolute atomic E-state index is 0.188. The number of carbonyl (C=O) groups is 1. The van der Waals surface area contributed by atoms with Gasteiger partial charge in [-0.3, -0.25) is 4.79 Å². The molecule has 32 heavy (non-hydrogen) atoms. The van der Waals surface area contributed by atoms with Crippen LogP contribution in [0.25, 0.3) is 16.8 Å². The number of anilines is 1. The molecule has 0 aliphatic rings. The Morgan fingerprint density at radius 1 is 1.00 bits per heavy atom. The number of amides is 1. The second-order valence-corrected chi connectivity index (χ2v) is 8.14. The van der Waals surface area contributed by atoms with Crippen LogP contribution in [0.3, 0.4) is 0 Å². The van der Waals surface area contributed by atoms with Gasteiger partial charge in [-0.2, -0.15) is 0 Å². The quantitative estimate of drug-likeness (QED) is 0.333. The summed E-state index contributed by atoms with van der Waals surface area (Å²) in [5, 5.41) is 5.08. The molecule has 0 aliphatic carbocycles. The fourth-order valence-electron chi connectivity index (χ4n) is 3.51. The van der Waals surface area contributed by atoms with E-state index in [9.17, 15) is 4.79 Å². The van der Waals surface area contributed by atoms with Crippen molar-refractivity contribution in [3.8, 4) is 28.3 Å². The zero-order valence-corrected chi connectivity index (χ0v) is 19.2. The van der Waals surface area contributed by atoms with Gasteiger partial charge in [0.1, 0.15) is 16.4 Å². The van der Waals surface area contributed by atoms with Crippen LogP contribution in [0.5, 0.6) is 11.5 Å². The molecule has 164 valence electrons. The summed E-state index contributed by atoms with van der Waals surface area (Å²) in [7, 11) is 0. The lowest BCUT2D eigenvalue weighted by molar-refractivity contribution is 0.103. The second kappa shape index (κ2) is 9.75. The SMILES string of the molecule is CCOc1ccc(OCC)c(NC(=O)c2scc(-c3ccc(C)cc3)c2-n2cccc2)c1. The average molecular weight is 447 g/mol. The van der Waals surface area contributed by atoms with Crippen LogP contribution < -0.4 is 14.8 Å². The molecule has 0 saturated heterocycles. The molecule has 6 heteroatoms. The van der Waals surface area contributed by atoms with Crippen LogP contribution in [0.1, 0.15) is 29.1 Å². The highest BCUT2D eigenvalue weighted by atomic mass is 32.1. The van der Waals surface area contributed by atoms with Crippen molar-refractivity contribution in [2.45, 2.75) is 20.8 Å². The van der Waals surface area contributed by atoms with Gasteiger partial charge in [-0.05, 0) is 50.6 Å². The molecule has 0 saturated carbocycles. The molecule has 0 atom stereocenters. The van der Waals surface area contributed by atoms with Crippen LogP contribution in [-0.4, -0.2) is 23.7 Å². The van der Waals surface area contributed by atoms with Crippen molar-refractivity contribution in [1.82, 2.24) is 4.57 Å². The maximum Gasteiger partial charge on any atom is 0.268 e. The van der Waals surface area contributed by atoms with E-state index in [4.69, 9.17) is 9.47 Å². The number of carbonyl (C=O) groups excluding carboxylic acids is 1. The monoisotopic (exact) mass is 446 g/mol. The molecule has 1 N–H and O–H groups in total. The Balaban J connectivity index is 1.73. The fourth-order valence-corrected chi connectivity index (χ4v) is 4.48. The van der Waals surface area contributed by atoms with E-state index >= 15 is 0 Å². The van der Waals surface area contributed by atoms with Crippen molar-refractivity contribution in [2.24, 2.45) is 0 Å². The van der Waals surface area contributed by atoms with Crippen molar-refractivity contribution in [3.05, 3.63) is 82.8 Å². The van der Waals surface area contributed by atoms with Crippen LogP contribution in [0, 0.1) is 6.92 Å². The van der Waals surface area contributed by atoms with E-state index in [0.717, 1.165) is 16.8 Å². The molecular formula is C26H26N2O3S. The smallest absolute Gasteiger partial charge is 0.268 e. The number of thiophene rings is 1. The van der Waals surface area contributed by atoms with Crippen LogP contribution in [0.4, 0.5) is 5.69 Å². The van der Waals surface area contributed by atoms with E-state index < -0.39 is 0 Å². The molecule has 1 amide bonds. The summed E-state index contributed by atoms with van der Waals surface area (Å²) in [6.45, 7) is 6.96. The molecule has 4 aromatic rings. The lowest BCUT2D eigenvalue weighted by Gasteiger charge is -2.14. The first kappa shape index (κ1) is 21.7. The summed E-state index contributed by atoms with van der Waals surface area (Å²) in [4.78, 5) is 14.1. The molecule has 0 spiro atoms. The third-order valence-corrected chi connectivity index (χ3v) is 5.97. The Bertz CT molecular complexity index is 1190. The lowest BCUT2D eigenvalue weighted by atomic mass is 10.0. The minimum Gasteiger partial charge on any atom is -0.494 e. The van der Waals surface area contributed by atoms with E-state index in [1.807, 2.05) is 60.5 Å². The van der Waals surface area contributed by atoms with Crippen LogP contribution in [0.2, 0.25) is 0 Å². The first-order valence-corrected chi connectivity index (χ1v) is 11.5. The number of nitrogens with zero attached hydrogens (tertiary/aromatic N) is 1. The summed E-state index contributed by atoms with van der Waals surface area (Å²) in [6.07, 6.45) is 3.91. The Kier molecular flexibility index (Phi) is 6.61. The van der Waals surface area contributed by atoms with Gasteiger partial charge in [0.25, 0.3) is 5.91 Å². The van der Waals surface area contributed by atoms with Gasteiger partial charge in [0, 0.05) is 29.4 Å². The highest BCUT2D eigenvalue weighted by Crippen LogP contribution is 2.37. The van der Waals surface area contributed by atoms with E-state index in [-0.39, 0.29) is 5.91 Å². The van der Waals surface area contributed by atoms with Gasteiger partial charge in [-0.25, -0.2) is 0 Å². The maximum absolute atomic E-state index is 13.4. The molecule has 2 heterocycles. The van der Waals surface area contributed by atoms with Crippen LogP contribution in [0.15, 0.2) is 72.4 Å². The maximum atomic E-state index is 13.4. The summed E-state index contributed by atoms with van der Waals surface area (Å²) in [6, 6.07) is 17.7. The van der Waals surface area contributed by atoms with Crippen LogP contribution in [-0.2, 0) is 0 Å². The normalized spacial score (nSPS) is 10.7. The summed E-state index contributed by atoms with van der Waals surface area (Å²) in [5.41, 5.74) is 4.74. The number of nitrogens with one attached hydrogen (secondary N) is 1. The van der Waals surface area contributed by atoms with Gasteiger partial charge in [0.05, 0.1) is 24.6 Å². The van der Waals surface area contributed by atoms with Gasteiger partial charge in [-0.1, -0.05) is 29.8 Å². The zero-order valence-electron chi connectivity index (χ0n) is 18.4. The average Bonchev–Trinajstić information content (AvgIpc) is 3.46. The van der Waals surface area contributed by atoms with Crippen molar-refractivity contribution in [3.63, 3.8) is 0 Å². The minimum atomic E-state index is -0.188. The Labute approximate surface area is 192 Å². The van der Waals surface area contributed by atoms with Crippen molar-refractivity contribution in [1.29, 1.82) is 0 Å². The van der Waals surface area contributed by atoms with Crippen molar-refractivity contribution in [2.75, 3.05) is 18.5 Å². The highest BCUT2D eigenvalue weighted by Gasteiger charge is 2.21. The van der Waals surface area contributed by atoms with Gasteiger partial charge < -0.3 is 19.4 Å². The van der Waals surface area contributed by atoms with E-state index in [1.165, 1.54) is 16.9 Å². The fraction of sp³-hybridized carbons (Fsp3) is 0.192. The number of rotatable bonds is 8. The topological polar surface area (TPSA) is 52.5 Å². The molecule has 5 nitrogen and oxygen atoms in total. The number of aromatic nitrogens is 1. The molecule has 2 aromatic heterocycles. The van der Waals surface area contributed by atoms with Gasteiger partial charge in [0.2, 0.25) is 0 Å². The Hall–Kier alpha value is -3.51. The molecule has 0 fully saturated rings. The predicted octanol–water partition coefficient (Wildman–Crippen LogP) is 6.56. The largest absolute Gasteiger partial charge is 0.494 e. The third kappa shape index (κ3) is 4.55. The molecule has 0 bridgehead atoms. The molecule has 4 rings (SSSR count). The number of benzene rings is 2. The summed E-state index contributed by atoms with van der Waals surface area (Å²) in [5.74, 6) is 1.11. The Morgan fingerprint density at radius 2 is 1.72 bits per heavy atom. The second-order valence-electron chi connectivity index (χ2n) is 7.26. The van der Waals surface area contributed by atoms with Gasteiger partial charge in [-0.15, -0.1) is 11.3 Å². The molecule has 0 aliphatic heterocycles. The number of aryl methyl sites for hydroxylation is 1. The van der Waals surface area contributed by atoms with Gasteiger partial charge >= 0.3 is 0 Å². The number of hydrogen-bond donors (Lipinski definition) is 1. The molecular weight excluding hydrogens is 420 g/mol. The predicted molar refractivity (Wildman–Crippen MR) is 131 cm³/mol. The highest BCUT2D eigenvalue weighted by molar-refractivity contribution is 7.13. The summed E-state index contributed by atoms with van der Waals surface area (Å²) < 4.78 is 13.3. The number of hydrogen-bond acceptors (Lipinski definition) is 4. The third-order valence-electron chi connectivity index (χ3n) is 5.01. The summed E-state index contributed by atoms with van der Waals surface area (Å²) >= 11 is 1.43. The van der Waals surface area contributed by atoms with E-state index in [1.54, 1.807) is 6.07 Å². The lowest BCUT2D eigenvalue weighted by Crippen LogP contribution is -2.14.